The Kier molecular flexibility index (Phi) is 5.65. The van der Waals surface area contributed by atoms with Crippen LogP contribution in [-0.4, -0.2) is 36.2 Å². The van der Waals surface area contributed by atoms with Crippen LogP contribution < -0.4 is 5.73 Å². The van der Waals surface area contributed by atoms with Gasteiger partial charge in [0, 0.05) is 30.4 Å². The molecule has 0 radical (unpaired) electrons. The van der Waals surface area contributed by atoms with Crippen molar-refractivity contribution in [3.05, 3.63) is 35.1 Å². The second-order valence-electron chi connectivity index (χ2n) is 5.75. The maximum absolute atomic E-state index is 13.7. The van der Waals surface area contributed by atoms with Crippen molar-refractivity contribution in [1.82, 2.24) is 4.90 Å². The van der Waals surface area contributed by atoms with E-state index >= 15 is 0 Å². The summed E-state index contributed by atoms with van der Waals surface area (Å²) in [5.41, 5.74) is 7.13. The molecule has 2 N–H and O–H groups in total. The van der Waals surface area contributed by atoms with Gasteiger partial charge in [-0.15, -0.1) is 0 Å². The summed E-state index contributed by atoms with van der Waals surface area (Å²) in [6, 6.07) is 4.76. The average Bonchev–Trinajstić information content (AvgIpc) is 2.49. The number of likely N-dealkylation sites (tertiary alicyclic amines) is 1. The van der Waals surface area contributed by atoms with Gasteiger partial charge in [-0.1, -0.05) is 0 Å². The molecule has 1 aliphatic heterocycles. The molecule has 2 rings (SSSR count). The van der Waals surface area contributed by atoms with Crippen molar-refractivity contribution in [3.63, 3.8) is 0 Å². The Labute approximate surface area is 130 Å². The topological polar surface area (TPSA) is 46.3 Å². The third-order valence-electron chi connectivity index (χ3n) is 4.08. The Hall–Kier alpha value is -1.07. The van der Waals surface area contributed by atoms with Crippen LogP contribution in [0.1, 0.15) is 35.7 Å². The number of thioether (sulfide) groups is 1. The highest BCUT2D eigenvalue weighted by Crippen LogP contribution is 2.22. The monoisotopic (exact) mass is 310 g/mol. The van der Waals surface area contributed by atoms with Gasteiger partial charge in [0.25, 0.3) is 5.91 Å². The number of nitrogens with zero attached hydrogens (tertiary/aromatic N) is 1. The van der Waals surface area contributed by atoms with Gasteiger partial charge < -0.3 is 10.6 Å². The van der Waals surface area contributed by atoms with Crippen molar-refractivity contribution in [1.29, 1.82) is 0 Å². The number of carbonyl (C=O) groups excluding carboxylic acids is 1. The molecule has 0 aromatic heterocycles. The number of amides is 1. The summed E-state index contributed by atoms with van der Waals surface area (Å²) >= 11 is 1.55. The van der Waals surface area contributed by atoms with E-state index in [2.05, 4.69) is 0 Å². The third-order valence-corrected chi connectivity index (χ3v) is 4.68. The number of hydrogen-bond acceptors (Lipinski definition) is 3. The van der Waals surface area contributed by atoms with Crippen LogP contribution >= 0.6 is 11.8 Å². The molecule has 1 amide bonds. The molecular weight excluding hydrogens is 287 g/mol. The molecule has 3 nitrogen and oxygen atoms in total. The van der Waals surface area contributed by atoms with Crippen LogP contribution in [0.3, 0.4) is 0 Å². The van der Waals surface area contributed by atoms with Crippen LogP contribution in [0.5, 0.6) is 0 Å². The van der Waals surface area contributed by atoms with Gasteiger partial charge in [0.05, 0.1) is 0 Å². The molecule has 1 saturated heterocycles. The summed E-state index contributed by atoms with van der Waals surface area (Å²) in [7, 11) is 0. The van der Waals surface area contributed by atoms with Crippen molar-refractivity contribution in [2.45, 2.75) is 31.6 Å². The van der Waals surface area contributed by atoms with Crippen molar-refractivity contribution in [2.75, 3.05) is 19.3 Å². The van der Waals surface area contributed by atoms with E-state index in [9.17, 15) is 9.18 Å². The maximum atomic E-state index is 13.7. The van der Waals surface area contributed by atoms with E-state index in [1.165, 1.54) is 6.07 Å². The molecule has 0 unspecified atom stereocenters. The zero-order valence-electron chi connectivity index (χ0n) is 12.6. The van der Waals surface area contributed by atoms with E-state index in [0.29, 0.717) is 29.3 Å². The summed E-state index contributed by atoms with van der Waals surface area (Å²) in [6.07, 6.45) is 3.98. The molecule has 0 aliphatic carbocycles. The average molecular weight is 310 g/mol. The number of carbonyl (C=O) groups is 1. The minimum absolute atomic E-state index is 0.0114. The Morgan fingerprint density at radius 2 is 2.33 bits per heavy atom. The molecule has 1 aromatic carbocycles. The molecule has 1 aliphatic rings. The first kappa shape index (κ1) is 16.3. The molecule has 0 spiro atoms. The Morgan fingerprint density at radius 1 is 1.57 bits per heavy atom. The summed E-state index contributed by atoms with van der Waals surface area (Å²) in [6.45, 7) is 3.45. The van der Waals surface area contributed by atoms with Crippen LogP contribution in [0.2, 0.25) is 0 Å². The first-order valence-corrected chi connectivity index (χ1v) is 8.74. The van der Waals surface area contributed by atoms with Crippen molar-refractivity contribution < 1.29 is 9.18 Å². The predicted octanol–water partition coefficient (Wildman–Crippen LogP) is 2.89. The molecule has 21 heavy (non-hydrogen) atoms. The SMILES string of the molecule is CSCc1cc(C(=O)N2CCC[C@H]([C@H](C)N)C2)ccc1F. The molecule has 5 heteroatoms. The van der Waals surface area contributed by atoms with E-state index in [1.807, 2.05) is 18.1 Å². The fraction of sp³-hybridized carbons (Fsp3) is 0.562. The normalized spacial score (nSPS) is 20.4. The third kappa shape index (κ3) is 3.98. The lowest BCUT2D eigenvalue weighted by molar-refractivity contribution is 0.0661. The zero-order chi connectivity index (χ0) is 15.4. The number of nitrogens with two attached hydrogens (primary N) is 1. The molecule has 1 aromatic rings. The first-order chi connectivity index (χ1) is 10.0. The predicted molar refractivity (Wildman–Crippen MR) is 85.9 cm³/mol. The van der Waals surface area contributed by atoms with E-state index in [4.69, 9.17) is 5.73 Å². The summed E-state index contributed by atoms with van der Waals surface area (Å²) < 4.78 is 13.7. The van der Waals surface area contributed by atoms with E-state index in [1.54, 1.807) is 23.9 Å². The highest BCUT2D eigenvalue weighted by atomic mass is 32.2. The molecule has 116 valence electrons. The fourth-order valence-electron chi connectivity index (χ4n) is 2.78. The highest BCUT2D eigenvalue weighted by Gasteiger charge is 2.26. The summed E-state index contributed by atoms with van der Waals surface area (Å²) in [4.78, 5) is 14.4. The van der Waals surface area contributed by atoms with Gasteiger partial charge in [-0.25, -0.2) is 4.39 Å². The van der Waals surface area contributed by atoms with Crippen molar-refractivity contribution >= 4 is 17.7 Å². The number of halogens is 1. The Balaban J connectivity index is 2.14. The van der Waals surface area contributed by atoms with Gasteiger partial charge in [0.15, 0.2) is 0 Å². The Bertz CT molecular complexity index is 507. The van der Waals surface area contributed by atoms with Crippen LogP contribution in [0.25, 0.3) is 0 Å². The lowest BCUT2D eigenvalue weighted by Gasteiger charge is -2.34. The van der Waals surface area contributed by atoms with E-state index in [-0.39, 0.29) is 17.8 Å². The fourth-order valence-corrected chi connectivity index (χ4v) is 3.31. The highest BCUT2D eigenvalue weighted by molar-refractivity contribution is 7.97. The number of rotatable bonds is 4. The molecule has 0 saturated carbocycles. The van der Waals surface area contributed by atoms with Crippen molar-refractivity contribution in [3.8, 4) is 0 Å². The lowest BCUT2D eigenvalue weighted by atomic mass is 9.92. The lowest BCUT2D eigenvalue weighted by Crippen LogP contribution is -2.45. The Morgan fingerprint density at radius 3 is 3.00 bits per heavy atom. The number of hydrogen-bond donors (Lipinski definition) is 1. The van der Waals surface area contributed by atoms with E-state index < -0.39 is 0 Å². The first-order valence-electron chi connectivity index (χ1n) is 7.35. The summed E-state index contributed by atoms with van der Waals surface area (Å²) in [5.74, 6) is 0.680. The van der Waals surface area contributed by atoms with Crippen LogP contribution in [0.15, 0.2) is 18.2 Å². The van der Waals surface area contributed by atoms with Crippen LogP contribution in [0, 0.1) is 11.7 Å². The van der Waals surface area contributed by atoms with Crippen LogP contribution in [0.4, 0.5) is 4.39 Å². The minimum Gasteiger partial charge on any atom is -0.338 e. The second kappa shape index (κ2) is 7.27. The summed E-state index contributed by atoms with van der Waals surface area (Å²) in [5, 5.41) is 0. The maximum Gasteiger partial charge on any atom is 0.253 e. The second-order valence-corrected chi connectivity index (χ2v) is 6.62. The molecular formula is C16H23FN2OS. The molecule has 2 atom stereocenters. The van der Waals surface area contributed by atoms with Gasteiger partial charge in [-0.2, -0.15) is 11.8 Å². The largest absolute Gasteiger partial charge is 0.338 e. The van der Waals surface area contributed by atoms with Crippen molar-refractivity contribution in [2.24, 2.45) is 11.7 Å². The number of benzene rings is 1. The van der Waals surface area contributed by atoms with Gasteiger partial charge in [-0.3, -0.25) is 4.79 Å². The molecule has 1 fully saturated rings. The van der Waals surface area contributed by atoms with Gasteiger partial charge in [0.1, 0.15) is 5.82 Å². The van der Waals surface area contributed by atoms with Gasteiger partial charge in [0.2, 0.25) is 0 Å². The quantitative estimate of drug-likeness (QED) is 0.930. The standard InChI is InChI=1S/C16H23FN2OS/c1-11(18)13-4-3-7-19(9-13)16(20)12-5-6-15(17)14(8-12)10-21-2/h5-6,8,11,13H,3-4,7,9-10,18H2,1-2H3/t11-,13-/m0/s1. The smallest absolute Gasteiger partial charge is 0.253 e. The van der Waals surface area contributed by atoms with Gasteiger partial charge in [-0.05, 0) is 55.7 Å². The van der Waals surface area contributed by atoms with Crippen LogP contribution in [-0.2, 0) is 5.75 Å². The minimum atomic E-state index is -0.243. The molecule has 1 heterocycles. The van der Waals surface area contributed by atoms with Gasteiger partial charge >= 0.3 is 0 Å². The van der Waals surface area contributed by atoms with E-state index in [0.717, 1.165) is 19.4 Å². The number of piperidine rings is 1. The zero-order valence-corrected chi connectivity index (χ0v) is 13.5. The molecule has 0 bridgehead atoms.